The van der Waals surface area contributed by atoms with Crippen molar-refractivity contribution in [1.29, 1.82) is 0 Å². The van der Waals surface area contributed by atoms with Crippen molar-refractivity contribution >= 4 is 10.9 Å². The number of aliphatic hydroxyl groups excluding tert-OH is 2. The molecule has 0 atom stereocenters. The third-order valence-electron chi connectivity index (χ3n) is 5.56. The van der Waals surface area contributed by atoms with Gasteiger partial charge in [0.25, 0.3) is 0 Å². The molecule has 1 aliphatic rings. The Bertz CT molecular complexity index is 900. The number of H-pyrrole nitrogens is 1. The van der Waals surface area contributed by atoms with Crippen LogP contribution in [0.1, 0.15) is 16.8 Å². The van der Waals surface area contributed by atoms with E-state index in [0.29, 0.717) is 6.54 Å². The molecule has 4 rings (SSSR count). The van der Waals surface area contributed by atoms with E-state index in [1.54, 1.807) is 7.11 Å². The molecule has 2 aromatic carbocycles. The molecular formula is C21H24N2O3. The third-order valence-corrected chi connectivity index (χ3v) is 5.56. The Hall–Kier alpha value is -2.34. The van der Waals surface area contributed by atoms with E-state index in [1.165, 1.54) is 0 Å². The minimum atomic E-state index is -0.840. The number of aliphatic hydroxyl groups is 2. The molecule has 0 saturated carbocycles. The van der Waals surface area contributed by atoms with Crippen LogP contribution >= 0.6 is 0 Å². The lowest BCUT2D eigenvalue weighted by molar-refractivity contribution is -0.0323. The molecule has 0 aliphatic carbocycles. The van der Waals surface area contributed by atoms with E-state index in [1.807, 2.05) is 30.3 Å². The Balaban J connectivity index is 1.83. The molecule has 2 heterocycles. The number of hydrogen-bond acceptors (Lipinski definition) is 4. The lowest BCUT2D eigenvalue weighted by Gasteiger charge is -2.45. The maximum Gasteiger partial charge on any atom is 0.142 e. The summed E-state index contributed by atoms with van der Waals surface area (Å²) in [4.78, 5) is 5.63. The minimum absolute atomic E-state index is 0.154. The highest BCUT2D eigenvalue weighted by atomic mass is 16.5. The molecule has 0 bridgehead atoms. The summed E-state index contributed by atoms with van der Waals surface area (Å²) in [5.74, 6) is 0.774. The Morgan fingerprint density at radius 2 is 1.85 bits per heavy atom. The molecular weight excluding hydrogens is 328 g/mol. The Morgan fingerprint density at radius 1 is 1.08 bits per heavy atom. The molecule has 1 aromatic heterocycles. The van der Waals surface area contributed by atoms with Gasteiger partial charge in [-0.15, -0.1) is 0 Å². The minimum Gasteiger partial charge on any atom is -0.495 e. The Morgan fingerprint density at radius 3 is 2.54 bits per heavy atom. The molecule has 0 fully saturated rings. The summed E-state index contributed by atoms with van der Waals surface area (Å²) < 4.78 is 5.49. The van der Waals surface area contributed by atoms with Gasteiger partial charge < -0.3 is 19.9 Å². The summed E-state index contributed by atoms with van der Waals surface area (Å²) >= 11 is 0. The van der Waals surface area contributed by atoms with Crippen molar-refractivity contribution in [3.8, 4) is 5.75 Å². The van der Waals surface area contributed by atoms with Gasteiger partial charge in [-0.2, -0.15) is 0 Å². The highest BCUT2D eigenvalue weighted by molar-refractivity contribution is 5.90. The van der Waals surface area contributed by atoms with Gasteiger partial charge in [-0.3, -0.25) is 4.90 Å². The molecule has 5 heteroatoms. The SMILES string of the molecule is COc1cccc2c3c([nH]c12)C(CO)(CO)N(Cc1ccccc1)CC3. The molecule has 5 nitrogen and oxygen atoms in total. The van der Waals surface area contributed by atoms with Gasteiger partial charge in [0.1, 0.15) is 11.3 Å². The number of aromatic amines is 1. The van der Waals surface area contributed by atoms with Crippen LogP contribution in [0.15, 0.2) is 48.5 Å². The molecule has 3 aromatic rings. The van der Waals surface area contributed by atoms with Crippen LogP contribution in [0.5, 0.6) is 5.75 Å². The fourth-order valence-electron chi connectivity index (χ4n) is 4.13. The summed E-state index contributed by atoms with van der Waals surface area (Å²) in [6.07, 6.45) is 0.858. The van der Waals surface area contributed by atoms with Crippen LogP contribution in [0.2, 0.25) is 0 Å². The van der Waals surface area contributed by atoms with Crippen molar-refractivity contribution in [1.82, 2.24) is 9.88 Å². The fraction of sp³-hybridized carbons (Fsp3) is 0.333. The largest absolute Gasteiger partial charge is 0.495 e. The van der Waals surface area contributed by atoms with Crippen LogP contribution in [-0.4, -0.2) is 47.0 Å². The molecule has 0 spiro atoms. The van der Waals surface area contributed by atoms with Gasteiger partial charge in [0.15, 0.2) is 0 Å². The van der Waals surface area contributed by atoms with Gasteiger partial charge in [-0.1, -0.05) is 42.5 Å². The predicted molar refractivity (Wildman–Crippen MR) is 101 cm³/mol. The molecule has 0 amide bonds. The standard InChI is InChI=1S/C21H24N2O3/c1-26-18-9-5-8-16-17-10-11-23(12-15-6-3-2-4-7-15)21(13-24,14-25)20(17)22-19(16)18/h2-9,22,24-25H,10-14H2,1H3. The fourth-order valence-corrected chi connectivity index (χ4v) is 4.13. The lowest BCUT2D eigenvalue weighted by Crippen LogP contribution is -2.55. The number of para-hydroxylation sites is 1. The number of nitrogens with zero attached hydrogens (tertiary/aromatic N) is 1. The number of fused-ring (bicyclic) bond motifs is 3. The number of ether oxygens (including phenoxy) is 1. The molecule has 1 aliphatic heterocycles. The van der Waals surface area contributed by atoms with Gasteiger partial charge in [0, 0.05) is 24.2 Å². The zero-order chi connectivity index (χ0) is 18.1. The van der Waals surface area contributed by atoms with E-state index in [4.69, 9.17) is 4.74 Å². The zero-order valence-electron chi connectivity index (χ0n) is 14.9. The molecule has 0 saturated heterocycles. The third kappa shape index (κ3) is 2.51. The number of nitrogens with one attached hydrogen (secondary N) is 1. The van der Waals surface area contributed by atoms with Crippen LogP contribution in [-0.2, 0) is 18.5 Å². The van der Waals surface area contributed by atoms with E-state index in [0.717, 1.165) is 46.4 Å². The number of hydrogen-bond donors (Lipinski definition) is 3. The molecule has 136 valence electrons. The Labute approximate surface area is 152 Å². The summed E-state index contributed by atoms with van der Waals surface area (Å²) in [6.45, 7) is 1.14. The Kier molecular flexibility index (Phi) is 4.44. The summed E-state index contributed by atoms with van der Waals surface area (Å²) in [6, 6.07) is 16.1. The highest BCUT2D eigenvalue weighted by Crippen LogP contribution is 2.41. The monoisotopic (exact) mass is 352 g/mol. The maximum absolute atomic E-state index is 10.3. The van der Waals surface area contributed by atoms with E-state index < -0.39 is 5.54 Å². The van der Waals surface area contributed by atoms with E-state index >= 15 is 0 Å². The number of aromatic nitrogens is 1. The van der Waals surface area contributed by atoms with Crippen molar-refractivity contribution in [2.75, 3.05) is 26.9 Å². The summed E-state index contributed by atoms with van der Waals surface area (Å²) in [7, 11) is 1.65. The van der Waals surface area contributed by atoms with E-state index in [2.05, 4.69) is 28.1 Å². The van der Waals surface area contributed by atoms with Crippen LogP contribution in [0.4, 0.5) is 0 Å². The van der Waals surface area contributed by atoms with Crippen molar-refractivity contribution in [2.45, 2.75) is 18.5 Å². The van der Waals surface area contributed by atoms with Crippen LogP contribution < -0.4 is 4.74 Å². The van der Waals surface area contributed by atoms with Gasteiger partial charge in [0.05, 0.1) is 25.8 Å². The van der Waals surface area contributed by atoms with Gasteiger partial charge in [-0.05, 0) is 23.6 Å². The molecule has 3 N–H and O–H groups in total. The normalized spacial score (nSPS) is 16.6. The van der Waals surface area contributed by atoms with Crippen LogP contribution in [0.3, 0.4) is 0 Å². The molecule has 0 unspecified atom stereocenters. The average molecular weight is 352 g/mol. The first-order valence-electron chi connectivity index (χ1n) is 8.92. The topological polar surface area (TPSA) is 68.7 Å². The van der Waals surface area contributed by atoms with Crippen LogP contribution in [0, 0.1) is 0 Å². The number of methoxy groups -OCH3 is 1. The number of benzene rings is 2. The van der Waals surface area contributed by atoms with Crippen molar-refractivity contribution < 1.29 is 14.9 Å². The van der Waals surface area contributed by atoms with E-state index in [9.17, 15) is 10.2 Å². The quantitative estimate of drug-likeness (QED) is 0.660. The smallest absolute Gasteiger partial charge is 0.142 e. The van der Waals surface area contributed by atoms with Crippen LogP contribution in [0.25, 0.3) is 10.9 Å². The zero-order valence-corrected chi connectivity index (χ0v) is 14.9. The first kappa shape index (κ1) is 17.1. The average Bonchev–Trinajstić information content (AvgIpc) is 3.08. The first-order valence-corrected chi connectivity index (χ1v) is 8.92. The summed E-state index contributed by atoms with van der Waals surface area (Å²) in [5.41, 5.74) is 3.30. The van der Waals surface area contributed by atoms with Crippen molar-refractivity contribution in [3.05, 3.63) is 65.4 Å². The van der Waals surface area contributed by atoms with Gasteiger partial charge in [-0.25, -0.2) is 0 Å². The summed E-state index contributed by atoms with van der Waals surface area (Å²) in [5, 5.41) is 21.8. The van der Waals surface area contributed by atoms with Gasteiger partial charge >= 0.3 is 0 Å². The van der Waals surface area contributed by atoms with Crippen molar-refractivity contribution in [3.63, 3.8) is 0 Å². The second kappa shape index (κ2) is 6.76. The molecule has 0 radical (unpaired) electrons. The first-order chi connectivity index (χ1) is 12.7. The molecule has 26 heavy (non-hydrogen) atoms. The highest BCUT2D eigenvalue weighted by Gasteiger charge is 2.44. The second-order valence-corrected chi connectivity index (χ2v) is 6.87. The second-order valence-electron chi connectivity index (χ2n) is 6.87. The number of rotatable bonds is 5. The van der Waals surface area contributed by atoms with Gasteiger partial charge in [0.2, 0.25) is 0 Å². The maximum atomic E-state index is 10.3. The lowest BCUT2D eigenvalue weighted by atomic mass is 9.85. The predicted octanol–water partition coefficient (Wildman–Crippen LogP) is 2.41. The van der Waals surface area contributed by atoms with Crippen molar-refractivity contribution in [2.24, 2.45) is 0 Å². The van der Waals surface area contributed by atoms with E-state index in [-0.39, 0.29) is 13.2 Å².